The first-order chi connectivity index (χ1) is 12.1. The molecule has 0 radical (unpaired) electrons. The lowest BCUT2D eigenvalue weighted by molar-refractivity contribution is -0.647. The van der Waals surface area contributed by atoms with Gasteiger partial charge in [0, 0.05) is 30.8 Å². The highest BCUT2D eigenvalue weighted by atomic mass is 127. The van der Waals surface area contributed by atoms with Crippen molar-refractivity contribution in [1.29, 1.82) is 0 Å². The number of aryl methyl sites for hydroxylation is 2. The maximum Gasteiger partial charge on any atom is 0.340 e. The zero-order chi connectivity index (χ0) is 17.6. The molecule has 0 spiro atoms. The van der Waals surface area contributed by atoms with E-state index in [4.69, 9.17) is 0 Å². The zero-order valence-electron chi connectivity index (χ0n) is 14.9. The predicted molar refractivity (Wildman–Crippen MR) is 100 cm³/mol. The average Bonchev–Trinajstić information content (AvgIpc) is 3.30. The lowest BCUT2D eigenvalue weighted by atomic mass is 10.1. The molecule has 138 valence electrons. The third-order valence-corrected chi connectivity index (χ3v) is 6.15. The second-order valence-electron chi connectivity index (χ2n) is 6.39. The summed E-state index contributed by atoms with van der Waals surface area (Å²) in [6.07, 6.45) is 5.38. The van der Waals surface area contributed by atoms with E-state index in [2.05, 4.69) is 33.1 Å². The molecule has 1 N–H and O–H groups in total. The molecule has 4 rings (SSSR count). The Hall–Kier alpha value is -1.48. The van der Waals surface area contributed by atoms with Crippen LogP contribution in [0.1, 0.15) is 29.5 Å². The van der Waals surface area contributed by atoms with Crippen molar-refractivity contribution in [3.63, 3.8) is 0 Å². The second kappa shape index (κ2) is 7.64. The monoisotopic (exact) mass is 483 g/mol. The largest absolute Gasteiger partial charge is 1.00 e. The third kappa shape index (κ3) is 3.05. The molecule has 0 amide bonds. The number of halogens is 1. The first-order valence-corrected chi connectivity index (χ1v) is 9.64. The Morgan fingerprint density at radius 2 is 2.15 bits per heavy atom. The second-order valence-corrected chi connectivity index (χ2v) is 7.50. The van der Waals surface area contributed by atoms with Crippen molar-refractivity contribution in [2.75, 3.05) is 18.8 Å². The minimum absolute atomic E-state index is 0. The molecule has 1 aromatic carbocycles. The number of allylic oxidation sites excluding steroid dienone is 3. The summed E-state index contributed by atoms with van der Waals surface area (Å²) in [4.78, 5) is 14.0. The van der Waals surface area contributed by atoms with Gasteiger partial charge in [-0.1, -0.05) is 6.07 Å². The van der Waals surface area contributed by atoms with Gasteiger partial charge >= 0.3 is 5.97 Å². The van der Waals surface area contributed by atoms with Crippen molar-refractivity contribution in [3.8, 4) is 0 Å². The number of thioether (sulfide) groups is 1. The number of aromatic carboxylic acids is 1. The molecule has 5 nitrogen and oxygen atoms in total. The number of aromatic nitrogens is 2. The maximum absolute atomic E-state index is 11.6. The Bertz CT molecular complexity index is 932. The highest BCUT2D eigenvalue weighted by Crippen LogP contribution is 2.32. The van der Waals surface area contributed by atoms with Crippen molar-refractivity contribution in [2.45, 2.75) is 19.9 Å². The molecule has 0 aliphatic carbocycles. The topological polar surface area (TPSA) is 49.4 Å². The molecule has 0 atom stereocenters. The first-order valence-electron chi connectivity index (χ1n) is 8.65. The van der Waals surface area contributed by atoms with Crippen molar-refractivity contribution in [3.05, 3.63) is 46.8 Å². The zero-order valence-corrected chi connectivity index (χ0v) is 17.9. The molecule has 1 saturated heterocycles. The normalized spacial score (nSPS) is 19.4. The van der Waals surface area contributed by atoms with Gasteiger partial charge in [-0.05, 0) is 31.2 Å². The molecule has 3 heterocycles. The van der Waals surface area contributed by atoms with Crippen LogP contribution in [0.5, 0.6) is 0 Å². The summed E-state index contributed by atoms with van der Waals surface area (Å²) in [5.74, 6) is 1.40. The minimum Gasteiger partial charge on any atom is -1.00 e. The lowest BCUT2D eigenvalue weighted by Crippen LogP contribution is -3.00. The van der Waals surface area contributed by atoms with Gasteiger partial charge in [0.05, 0.1) is 18.6 Å². The standard InChI is InChI=1S/C19H21N3O2S.HI/c1-3-21-11-12-25-16(21)8-7-13-9-10-22-17-14(19(23)24)5-4-6-15(17)20(2)18(13)22;/h4-8H,3,9-12H2,1-2H3;1H. The number of carboxylic acid groups (broad SMARTS) is 1. The molecule has 7 heteroatoms. The predicted octanol–water partition coefficient (Wildman–Crippen LogP) is -0.135. The fourth-order valence-electron chi connectivity index (χ4n) is 3.87. The molecule has 1 fully saturated rings. The molecule has 2 aliphatic heterocycles. The van der Waals surface area contributed by atoms with Crippen LogP contribution >= 0.6 is 11.8 Å². The molecule has 1 aromatic heterocycles. The number of fused-ring (bicyclic) bond motifs is 3. The van der Waals surface area contributed by atoms with Crippen LogP contribution in [0.4, 0.5) is 0 Å². The Morgan fingerprint density at radius 3 is 2.88 bits per heavy atom. The molecule has 26 heavy (non-hydrogen) atoms. The van der Waals surface area contributed by atoms with Gasteiger partial charge in [-0.15, -0.1) is 11.8 Å². The fourth-order valence-corrected chi connectivity index (χ4v) is 4.96. The van der Waals surface area contributed by atoms with Crippen LogP contribution in [0.2, 0.25) is 0 Å². The Morgan fingerprint density at radius 1 is 1.35 bits per heavy atom. The summed E-state index contributed by atoms with van der Waals surface area (Å²) < 4.78 is 4.28. The molecular formula is C19H22IN3O2S. The van der Waals surface area contributed by atoms with E-state index in [1.54, 1.807) is 6.07 Å². The van der Waals surface area contributed by atoms with Crippen LogP contribution in [0, 0.1) is 0 Å². The Labute approximate surface area is 174 Å². The van der Waals surface area contributed by atoms with E-state index in [1.165, 1.54) is 10.6 Å². The minimum atomic E-state index is -0.869. The smallest absolute Gasteiger partial charge is 0.340 e. The average molecular weight is 483 g/mol. The third-order valence-electron chi connectivity index (χ3n) is 5.07. The van der Waals surface area contributed by atoms with Crippen LogP contribution in [-0.2, 0) is 13.6 Å². The molecular weight excluding hydrogens is 461 g/mol. The number of hydrogen-bond donors (Lipinski definition) is 1. The number of rotatable bonds is 3. The number of benzene rings is 1. The summed E-state index contributed by atoms with van der Waals surface area (Å²) in [5, 5.41) is 10.9. The summed E-state index contributed by atoms with van der Waals surface area (Å²) in [7, 11) is 2.02. The van der Waals surface area contributed by atoms with E-state index in [0.29, 0.717) is 5.56 Å². The van der Waals surface area contributed by atoms with E-state index in [9.17, 15) is 9.90 Å². The Balaban J connectivity index is 0.00000196. The van der Waals surface area contributed by atoms with Gasteiger partial charge in [0.2, 0.25) is 0 Å². The summed E-state index contributed by atoms with van der Waals surface area (Å²) >= 11 is 1.91. The van der Waals surface area contributed by atoms with Crippen LogP contribution in [-0.4, -0.2) is 39.4 Å². The fraction of sp³-hybridized carbons (Fsp3) is 0.368. The van der Waals surface area contributed by atoms with E-state index < -0.39 is 5.97 Å². The summed E-state index contributed by atoms with van der Waals surface area (Å²) in [6, 6.07) is 5.51. The van der Waals surface area contributed by atoms with Crippen LogP contribution in [0.3, 0.4) is 0 Å². The Kier molecular flexibility index (Phi) is 5.67. The van der Waals surface area contributed by atoms with Crippen molar-refractivity contribution in [1.82, 2.24) is 9.47 Å². The molecule has 0 bridgehead atoms. The summed E-state index contributed by atoms with van der Waals surface area (Å²) in [6.45, 7) is 5.18. The van der Waals surface area contributed by atoms with E-state index in [1.807, 2.05) is 30.9 Å². The van der Waals surface area contributed by atoms with Gasteiger partial charge in [0.15, 0.2) is 11.0 Å². The van der Waals surface area contributed by atoms with Gasteiger partial charge in [-0.3, -0.25) is 0 Å². The van der Waals surface area contributed by atoms with Gasteiger partial charge < -0.3 is 34.0 Å². The van der Waals surface area contributed by atoms with Crippen molar-refractivity contribution >= 4 is 34.3 Å². The summed E-state index contributed by atoms with van der Waals surface area (Å²) in [5.41, 5.74) is 3.45. The van der Waals surface area contributed by atoms with E-state index in [-0.39, 0.29) is 24.0 Å². The highest BCUT2D eigenvalue weighted by Gasteiger charge is 2.33. The number of carbonyl (C=O) groups is 1. The SMILES string of the molecule is CCN1CCSC1=CC=C1CCn2c1[n+](C)c1cccc(C(=O)O)c12.[I-]. The number of imidazole rings is 1. The van der Waals surface area contributed by atoms with Crippen LogP contribution < -0.4 is 28.5 Å². The molecule has 0 unspecified atom stereocenters. The van der Waals surface area contributed by atoms with Gasteiger partial charge in [0.25, 0.3) is 5.82 Å². The first kappa shape index (κ1) is 19.3. The van der Waals surface area contributed by atoms with Crippen molar-refractivity contribution < 1.29 is 38.4 Å². The van der Waals surface area contributed by atoms with Gasteiger partial charge in [0.1, 0.15) is 5.56 Å². The van der Waals surface area contributed by atoms with Crippen LogP contribution in [0.15, 0.2) is 35.4 Å². The maximum atomic E-state index is 11.6. The number of para-hydroxylation sites is 1. The van der Waals surface area contributed by atoms with Crippen molar-refractivity contribution in [2.24, 2.45) is 7.05 Å². The number of nitrogens with zero attached hydrogens (tertiary/aromatic N) is 3. The molecule has 2 aromatic rings. The van der Waals surface area contributed by atoms with Gasteiger partial charge in [-0.2, -0.15) is 0 Å². The lowest BCUT2D eigenvalue weighted by Gasteiger charge is -2.15. The quantitative estimate of drug-likeness (QED) is 0.488. The highest BCUT2D eigenvalue weighted by molar-refractivity contribution is 8.03. The number of carboxylic acids is 1. The molecule has 2 aliphatic rings. The number of hydrogen-bond acceptors (Lipinski definition) is 3. The van der Waals surface area contributed by atoms with E-state index >= 15 is 0 Å². The van der Waals surface area contributed by atoms with Crippen LogP contribution in [0.25, 0.3) is 16.6 Å². The molecule has 0 saturated carbocycles. The van der Waals surface area contributed by atoms with E-state index in [0.717, 1.165) is 48.7 Å². The van der Waals surface area contributed by atoms with Gasteiger partial charge in [-0.25, -0.2) is 13.9 Å².